The summed E-state index contributed by atoms with van der Waals surface area (Å²) in [6.07, 6.45) is 0.898. The Morgan fingerprint density at radius 3 is 2.67 bits per heavy atom. The second-order valence-electron chi connectivity index (χ2n) is 4.03. The van der Waals surface area contributed by atoms with Gasteiger partial charge >= 0.3 is 0 Å². The van der Waals surface area contributed by atoms with E-state index in [9.17, 15) is 5.11 Å². The van der Waals surface area contributed by atoms with E-state index in [2.05, 4.69) is 18.7 Å². The number of β-amino-alcohol motifs (C(OH)–C–C–N with tert-alkyl or cyclic N) is 1. The minimum Gasteiger partial charge on any atom is -0.390 e. The molecule has 3 N–H and O–H groups in total. The van der Waals surface area contributed by atoms with Gasteiger partial charge in [-0.15, -0.1) is 0 Å². The summed E-state index contributed by atoms with van der Waals surface area (Å²) in [6.45, 7) is 6.69. The van der Waals surface area contributed by atoms with E-state index in [1.54, 1.807) is 0 Å². The molecule has 0 amide bonds. The number of likely N-dealkylation sites (tertiary alicyclic amines) is 1. The minimum absolute atomic E-state index is 0.349. The second-order valence-corrected chi connectivity index (χ2v) is 4.03. The smallest absolute Gasteiger partial charge is 0.0789 e. The number of nitrogens with two attached hydrogens (primary N) is 1. The van der Waals surface area contributed by atoms with Gasteiger partial charge in [-0.25, -0.2) is 0 Å². The zero-order valence-electron chi connectivity index (χ0n) is 8.03. The van der Waals surface area contributed by atoms with Crippen LogP contribution in [0.15, 0.2) is 0 Å². The van der Waals surface area contributed by atoms with Crippen LogP contribution in [0.25, 0.3) is 0 Å². The summed E-state index contributed by atoms with van der Waals surface area (Å²) in [6, 6.07) is 0.612. The zero-order chi connectivity index (χ0) is 9.14. The zero-order valence-corrected chi connectivity index (χ0v) is 8.03. The molecule has 0 aromatic heterocycles. The highest BCUT2D eigenvalue weighted by atomic mass is 16.3. The molecule has 1 saturated heterocycles. The Labute approximate surface area is 74.5 Å². The number of nitrogens with zero attached hydrogens (tertiary/aromatic N) is 1. The summed E-state index contributed by atoms with van der Waals surface area (Å²) in [7, 11) is 0. The molecule has 0 spiro atoms. The fourth-order valence-corrected chi connectivity index (χ4v) is 1.99. The molecule has 12 heavy (non-hydrogen) atoms. The summed E-state index contributed by atoms with van der Waals surface area (Å²) in [5.74, 6) is 0.768. The number of aliphatic hydroxyl groups excluding tert-OH is 1. The fraction of sp³-hybridized carbons (Fsp3) is 1.00. The van der Waals surface area contributed by atoms with Crippen molar-refractivity contribution in [2.45, 2.75) is 32.4 Å². The van der Waals surface area contributed by atoms with Crippen LogP contribution in [-0.4, -0.2) is 41.8 Å². The first-order chi connectivity index (χ1) is 5.63. The predicted molar refractivity (Wildman–Crippen MR) is 49.9 cm³/mol. The van der Waals surface area contributed by atoms with E-state index in [1.807, 2.05) is 0 Å². The van der Waals surface area contributed by atoms with E-state index in [0.29, 0.717) is 12.6 Å². The number of aliphatic hydroxyl groups is 1. The van der Waals surface area contributed by atoms with Gasteiger partial charge in [0.15, 0.2) is 0 Å². The summed E-state index contributed by atoms with van der Waals surface area (Å²) < 4.78 is 0. The van der Waals surface area contributed by atoms with Crippen LogP contribution in [-0.2, 0) is 0 Å². The largest absolute Gasteiger partial charge is 0.390 e. The highest BCUT2D eigenvalue weighted by molar-refractivity contribution is 4.81. The Kier molecular flexibility index (Phi) is 3.50. The van der Waals surface area contributed by atoms with E-state index in [4.69, 9.17) is 5.73 Å². The maximum absolute atomic E-state index is 9.36. The Hall–Kier alpha value is -0.120. The van der Waals surface area contributed by atoms with Crippen LogP contribution < -0.4 is 5.73 Å². The topological polar surface area (TPSA) is 49.5 Å². The molecule has 2 unspecified atom stereocenters. The molecule has 0 aromatic carbocycles. The number of hydrogen-bond acceptors (Lipinski definition) is 3. The maximum Gasteiger partial charge on any atom is 0.0789 e. The van der Waals surface area contributed by atoms with Gasteiger partial charge in [-0.3, -0.25) is 4.90 Å². The second kappa shape index (κ2) is 4.21. The van der Waals surface area contributed by atoms with Crippen molar-refractivity contribution in [3.05, 3.63) is 0 Å². The van der Waals surface area contributed by atoms with Crippen molar-refractivity contribution in [1.29, 1.82) is 0 Å². The first-order valence-corrected chi connectivity index (χ1v) is 4.75. The molecule has 1 heterocycles. The third kappa shape index (κ3) is 2.44. The molecule has 0 aliphatic carbocycles. The average molecular weight is 172 g/mol. The fourth-order valence-electron chi connectivity index (χ4n) is 1.99. The van der Waals surface area contributed by atoms with Gasteiger partial charge in [0.05, 0.1) is 6.10 Å². The van der Waals surface area contributed by atoms with Crippen molar-refractivity contribution in [2.75, 3.05) is 19.6 Å². The number of rotatable bonds is 3. The van der Waals surface area contributed by atoms with Gasteiger partial charge in [-0.05, 0) is 19.3 Å². The minimum atomic E-state index is -0.349. The molecule has 1 fully saturated rings. The molecular weight excluding hydrogens is 152 g/mol. The summed E-state index contributed by atoms with van der Waals surface area (Å²) in [5, 5.41) is 9.36. The summed E-state index contributed by atoms with van der Waals surface area (Å²) in [4.78, 5) is 2.32. The van der Waals surface area contributed by atoms with E-state index < -0.39 is 0 Å². The van der Waals surface area contributed by atoms with Crippen LogP contribution in [0.5, 0.6) is 0 Å². The van der Waals surface area contributed by atoms with Crippen molar-refractivity contribution >= 4 is 0 Å². The molecule has 72 valence electrons. The van der Waals surface area contributed by atoms with Crippen molar-refractivity contribution < 1.29 is 5.11 Å². The lowest BCUT2D eigenvalue weighted by molar-refractivity contribution is 0.114. The van der Waals surface area contributed by atoms with Crippen LogP contribution in [0.4, 0.5) is 0 Å². The summed E-state index contributed by atoms with van der Waals surface area (Å²) in [5.41, 5.74) is 5.35. The standard InChI is InChI=1S/C9H20N2O/c1-7-3-8(2)11(5-7)6-9(12)4-10/h7-9,12H,3-6,10H2,1-2H3/t7?,8?,9-/m1/s1. The molecular formula is C9H20N2O. The lowest BCUT2D eigenvalue weighted by Crippen LogP contribution is -2.38. The van der Waals surface area contributed by atoms with Crippen molar-refractivity contribution in [2.24, 2.45) is 11.7 Å². The van der Waals surface area contributed by atoms with Gasteiger partial charge in [0, 0.05) is 25.7 Å². The lowest BCUT2D eigenvalue weighted by atomic mass is 10.1. The van der Waals surface area contributed by atoms with Crippen molar-refractivity contribution in [3.8, 4) is 0 Å². The molecule has 3 nitrogen and oxygen atoms in total. The molecule has 0 aromatic rings. The van der Waals surface area contributed by atoms with Gasteiger partial charge in [0.1, 0.15) is 0 Å². The van der Waals surface area contributed by atoms with Crippen LogP contribution >= 0.6 is 0 Å². The average Bonchev–Trinajstić information content (AvgIpc) is 2.30. The Balaban J connectivity index is 2.32. The van der Waals surface area contributed by atoms with E-state index in [1.165, 1.54) is 6.42 Å². The van der Waals surface area contributed by atoms with Crippen LogP contribution in [0, 0.1) is 5.92 Å². The van der Waals surface area contributed by atoms with Crippen LogP contribution in [0.3, 0.4) is 0 Å². The SMILES string of the molecule is CC1CC(C)N(C[C@H](O)CN)C1. The lowest BCUT2D eigenvalue weighted by Gasteiger charge is -2.23. The maximum atomic E-state index is 9.36. The third-order valence-corrected chi connectivity index (χ3v) is 2.63. The van der Waals surface area contributed by atoms with Gasteiger partial charge in [0.25, 0.3) is 0 Å². The third-order valence-electron chi connectivity index (χ3n) is 2.63. The van der Waals surface area contributed by atoms with Gasteiger partial charge in [0.2, 0.25) is 0 Å². The van der Waals surface area contributed by atoms with Gasteiger partial charge in [-0.1, -0.05) is 6.92 Å². The normalized spacial score (nSPS) is 34.0. The Morgan fingerprint density at radius 1 is 1.58 bits per heavy atom. The molecule has 0 radical (unpaired) electrons. The molecule has 3 atom stereocenters. The van der Waals surface area contributed by atoms with Crippen LogP contribution in [0.1, 0.15) is 20.3 Å². The summed E-state index contributed by atoms with van der Waals surface area (Å²) >= 11 is 0. The van der Waals surface area contributed by atoms with Crippen molar-refractivity contribution in [1.82, 2.24) is 4.90 Å². The number of hydrogen-bond donors (Lipinski definition) is 2. The van der Waals surface area contributed by atoms with E-state index in [-0.39, 0.29) is 6.10 Å². The predicted octanol–water partition coefficient (Wildman–Crippen LogP) is 0.0363. The van der Waals surface area contributed by atoms with E-state index >= 15 is 0 Å². The Morgan fingerprint density at radius 2 is 2.25 bits per heavy atom. The monoisotopic (exact) mass is 172 g/mol. The Bertz CT molecular complexity index is 140. The highest BCUT2D eigenvalue weighted by Crippen LogP contribution is 2.21. The molecule has 1 aliphatic heterocycles. The first-order valence-electron chi connectivity index (χ1n) is 4.75. The first kappa shape index (κ1) is 9.96. The van der Waals surface area contributed by atoms with Crippen LogP contribution in [0.2, 0.25) is 0 Å². The van der Waals surface area contributed by atoms with Crippen molar-refractivity contribution in [3.63, 3.8) is 0 Å². The molecule has 1 aliphatic rings. The highest BCUT2D eigenvalue weighted by Gasteiger charge is 2.26. The van der Waals surface area contributed by atoms with Gasteiger partial charge < -0.3 is 10.8 Å². The molecule has 1 rings (SSSR count). The van der Waals surface area contributed by atoms with Gasteiger partial charge in [-0.2, -0.15) is 0 Å². The van der Waals surface area contributed by atoms with E-state index in [0.717, 1.165) is 19.0 Å². The molecule has 0 saturated carbocycles. The molecule has 0 bridgehead atoms. The molecule has 3 heteroatoms. The quantitative estimate of drug-likeness (QED) is 0.632.